The number of hydrogen-bond donors (Lipinski definition) is 3. The Hall–Kier alpha value is -5.16. The number of benzene rings is 2. The number of amides is 1. The van der Waals surface area contributed by atoms with Crippen LogP contribution in [-0.4, -0.2) is 64.5 Å². The normalized spacial score (nSPS) is 11.0. The monoisotopic (exact) mass is 565 g/mol. The number of aryl methyl sites for hydroxylation is 2. The van der Waals surface area contributed by atoms with Crippen LogP contribution in [-0.2, 0) is 18.9 Å². The Kier molecular flexibility index (Phi) is 8.21. The molecule has 2 aromatic carbocycles. The summed E-state index contributed by atoms with van der Waals surface area (Å²) in [5, 5.41) is 14.8. The van der Waals surface area contributed by atoms with Crippen LogP contribution in [0.4, 0.5) is 23.0 Å². The molecule has 216 valence electrons. The second kappa shape index (κ2) is 12.1. The van der Waals surface area contributed by atoms with Crippen LogP contribution in [0.3, 0.4) is 0 Å². The van der Waals surface area contributed by atoms with E-state index >= 15 is 0 Å². The van der Waals surface area contributed by atoms with Gasteiger partial charge in [0, 0.05) is 86.5 Å². The zero-order valence-corrected chi connectivity index (χ0v) is 24.5. The third-order valence-corrected chi connectivity index (χ3v) is 7.07. The second-order valence-electron chi connectivity index (χ2n) is 9.94. The van der Waals surface area contributed by atoms with E-state index in [1.165, 1.54) is 6.08 Å². The summed E-state index contributed by atoms with van der Waals surface area (Å²) in [5.41, 5.74) is 6.60. The first-order valence-electron chi connectivity index (χ1n) is 13.5. The van der Waals surface area contributed by atoms with E-state index in [0.29, 0.717) is 23.1 Å². The highest BCUT2D eigenvalue weighted by Crippen LogP contribution is 2.39. The number of ether oxygens (including phenoxy) is 1. The van der Waals surface area contributed by atoms with Crippen molar-refractivity contribution in [3.63, 3.8) is 0 Å². The quantitative estimate of drug-likeness (QED) is 0.200. The molecule has 3 N–H and O–H groups in total. The molecule has 0 aliphatic heterocycles. The van der Waals surface area contributed by atoms with Gasteiger partial charge in [-0.05, 0) is 25.3 Å². The number of aromatic nitrogens is 5. The molecule has 5 rings (SSSR count). The maximum absolute atomic E-state index is 12.3. The van der Waals surface area contributed by atoms with Crippen LogP contribution in [0, 0.1) is 0 Å². The molecule has 0 aliphatic carbocycles. The predicted molar refractivity (Wildman–Crippen MR) is 168 cm³/mol. The van der Waals surface area contributed by atoms with Crippen LogP contribution < -0.4 is 25.6 Å². The minimum absolute atomic E-state index is 0.315. The Morgan fingerprint density at radius 1 is 1.12 bits per heavy atom. The third-order valence-electron chi connectivity index (χ3n) is 7.07. The summed E-state index contributed by atoms with van der Waals surface area (Å²) in [6, 6.07) is 11.9. The molecule has 11 heteroatoms. The van der Waals surface area contributed by atoms with Gasteiger partial charge in [-0.25, -0.2) is 9.97 Å². The summed E-state index contributed by atoms with van der Waals surface area (Å²) in [5.74, 6) is 0.635. The zero-order valence-electron chi connectivity index (χ0n) is 24.5. The molecule has 0 saturated heterocycles. The predicted octanol–water partition coefficient (Wildman–Crippen LogP) is 4.57. The molecular weight excluding hydrogens is 530 g/mol. The maximum Gasteiger partial charge on any atom is 0.247 e. The SMILES string of the molecule is C=CC(=O)Nc1cc(Nc2ncc(-c3cnn(C)c3)c(-c3cn(C)c4ccccc34)n2)c(OC)cc1N(C)CCNC. The minimum atomic E-state index is -0.315. The maximum atomic E-state index is 12.3. The van der Waals surface area contributed by atoms with Crippen molar-refractivity contribution in [2.45, 2.75) is 0 Å². The smallest absolute Gasteiger partial charge is 0.247 e. The average Bonchev–Trinajstić information content (AvgIpc) is 3.58. The van der Waals surface area contributed by atoms with Crippen molar-refractivity contribution in [1.82, 2.24) is 29.6 Å². The summed E-state index contributed by atoms with van der Waals surface area (Å²) >= 11 is 0. The first-order chi connectivity index (χ1) is 20.3. The van der Waals surface area contributed by atoms with Crippen molar-refractivity contribution in [1.29, 1.82) is 0 Å². The van der Waals surface area contributed by atoms with Gasteiger partial charge in [0.15, 0.2) is 0 Å². The van der Waals surface area contributed by atoms with Gasteiger partial charge < -0.3 is 30.2 Å². The lowest BCUT2D eigenvalue weighted by Gasteiger charge is -2.24. The number of likely N-dealkylation sites (N-methyl/N-ethyl adjacent to an activating group) is 2. The fourth-order valence-electron chi connectivity index (χ4n) is 4.91. The number of methoxy groups -OCH3 is 1. The molecule has 3 heterocycles. The molecule has 0 aliphatic rings. The third kappa shape index (κ3) is 5.68. The van der Waals surface area contributed by atoms with Gasteiger partial charge in [-0.1, -0.05) is 24.8 Å². The van der Waals surface area contributed by atoms with Gasteiger partial charge in [0.25, 0.3) is 0 Å². The van der Waals surface area contributed by atoms with Crippen molar-refractivity contribution < 1.29 is 9.53 Å². The Morgan fingerprint density at radius 3 is 2.64 bits per heavy atom. The molecule has 11 nitrogen and oxygen atoms in total. The minimum Gasteiger partial charge on any atom is -0.494 e. The topological polar surface area (TPSA) is 114 Å². The molecule has 42 heavy (non-hydrogen) atoms. The standard InChI is InChI=1S/C31H35N9O2/c1-7-29(41)35-24-14-25(28(42-6)15-27(24)38(3)13-12-32-2)36-31-33-17-22(20-16-34-40(5)18-20)30(37-31)23-19-39(4)26-11-9-8-10-21(23)26/h7-11,14-19,32H,1,12-13H2,2-6H3,(H,35,41)(H,33,36,37). The van der Waals surface area contributed by atoms with Gasteiger partial charge >= 0.3 is 0 Å². The van der Waals surface area contributed by atoms with Gasteiger partial charge in [-0.15, -0.1) is 0 Å². The molecule has 1 amide bonds. The van der Waals surface area contributed by atoms with Crippen LogP contribution in [0.5, 0.6) is 5.75 Å². The fourth-order valence-corrected chi connectivity index (χ4v) is 4.91. The van der Waals surface area contributed by atoms with E-state index in [0.717, 1.165) is 52.1 Å². The van der Waals surface area contributed by atoms with E-state index in [-0.39, 0.29) is 5.91 Å². The zero-order chi connectivity index (χ0) is 29.8. The molecular formula is C31H35N9O2. The van der Waals surface area contributed by atoms with Crippen molar-refractivity contribution in [2.24, 2.45) is 14.1 Å². The van der Waals surface area contributed by atoms with E-state index < -0.39 is 0 Å². The van der Waals surface area contributed by atoms with Gasteiger partial charge in [0.05, 0.1) is 36.1 Å². The summed E-state index contributed by atoms with van der Waals surface area (Å²) in [6.07, 6.45) is 8.88. The van der Waals surface area contributed by atoms with Gasteiger partial charge in [0.2, 0.25) is 11.9 Å². The summed E-state index contributed by atoms with van der Waals surface area (Å²) in [7, 11) is 9.36. The molecule has 0 spiro atoms. The first kappa shape index (κ1) is 28.4. The molecule has 0 atom stereocenters. The van der Waals surface area contributed by atoms with Crippen molar-refractivity contribution in [3.8, 4) is 28.1 Å². The van der Waals surface area contributed by atoms with E-state index in [9.17, 15) is 4.79 Å². The Balaban J connectivity index is 1.62. The Labute approximate surface area is 244 Å². The number of fused-ring (bicyclic) bond motifs is 1. The van der Waals surface area contributed by atoms with E-state index in [2.05, 4.69) is 55.5 Å². The number of nitrogens with zero attached hydrogens (tertiary/aromatic N) is 6. The second-order valence-corrected chi connectivity index (χ2v) is 9.94. The highest BCUT2D eigenvalue weighted by Gasteiger charge is 2.20. The number of carbonyl (C=O) groups is 1. The van der Waals surface area contributed by atoms with Crippen molar-refractivity contribution >= 4 is 39.8 Å². The largest absolute Gasteiger partial charge is 0.494 e. The Bertz CT molecular complexity index is 1750. The molecule has 0 saturated carbocycles. The number of anilines is 4. The molecule has 0 unspecified atom stereocenters. The summed E-state index contributed by atoms with van der Waals surface area (Å²) < 4.78 is 9.61. The lowest BCUT2D eigenvalue weighted by atomic mass is 10.0. The molecule has 0 radical (unpaired) electrons. The number of hydrogen-bond acceptors (Lipinski definition) is 8. The number of rotatable bonds is 11. The molecule has 3 aromatic heterocycles. The van der Waals surface area contributed by atoms with Crippen LogP contribution >= 0.6 is 0 Å². The first-order valence-corrected chi connectivity index (χ1v) is 13.5. The molecule has 5 aromatic rings. The van der Waals surface area contributed by atoms with Crippen LogP contribution in [0.25, 0.3) is 33.3 Å². The van der Waals surface area contributed by atoms with Gasteiger partial charge in [0.1, 0.15) is 5.75 Å². The summed E-state index contributed by atoms with van der Waals surface area (Å²) in [4.78, 5) is 24.1. The lowest BCUT2D eigenvalue weighted by molar-refractivity contribution is -0.111. The van der Waals surface area contributed by atoms with Crippen LogP contribution in [0.1, 0.15) is 0 Å². The fraction of sp³-hybridized carbons (Fsp3) is 0.226. The number of carbonyl (C=O) groups excluding carboxylic acids is 1. The number of para-hydroxylation sites is 1. The van der Waals surface area contributed by atoms with Gasteiger partial charge in [-0.2, -0.15) is 5.10 Å². The van der Waals surface area contributed by atoms with Crippen molar-refractivity contribution in [3.05, 3.63) is 73.8 Å². The van der Waals surface area contributed by atoms with E-state index in [4.69, 9.17) is 9.72 Å². The van der Waals surface area contributed by atoms with Gasteiger partial charge in [-0.3, -0.25) is 9.48 Å². The van der Waals surface area contributed by atoms with E-state index in [1.807, 2.05) is 63.6 Å². The Morgan fingerprint density at radius 2 is 1.93 bits per heavy atom. The van der Waals surface area contributed by atoms with Crippen molar-refractivity contribution in [2.75, 3.05) is 49.8 Å². The molecule has 0 fully saturated rings. The molecule has 0 bridgehead atoms. The summed E-state index contributed by atoms with van der Waals surface area (Å²) in [6.45, 7) is 5.08. The average molecular weight is 566 g/mol. The van der Waals surface area contributed by atoms with Crippen LogP contribution in [0.15, 0.2) is 73.8 Å². The number of nitrogens with one attached hydrogen (secondary N) is 3. The van der Waals surface area contributed by atoms with E-state index in [1.54, 1.807) is 24.2 Å². The highest BCUT2D eigenvalue weighted by atomic mass is 16.5. The van der Waals surface area contributed by atoms with Crippen LogP contribution in [0.2, 0.25) is 0 Å². The lowest BCUT2D eigenvalue weighted by Crippen LogP contribution is -2.28. The highest BCUT2D eigenvalue weighted by molar-refractivity contribution is 6.02.